The van der Waals surface area contributed by atoms with Crippen LogP contribution in [-0.4, -0.2) is 27.5 Å². The van der Waals surface area contributed by atoms with Crippen molar-refractivity contribution < 1.29 is 17.9 Å². The third-order valence-electron chi connectivity index (χ3n) is 3.44. The van der Waals surface area contributed by atoms with E-state index >= 15 is 0 Å². The van der Waals surface area contributed by atoms with Gasteiger partial charge in [-0.1, -0.05) is 12.8 Å². The van der Waals surface area contributed by atoms with Gasteiger partial charge in [-0.25, -0.2) is 17.9 Å². The Morgan fingerprint density at radius 2 is 2.14 bits per heavy atom. The van der Waals surface area contributed by atoms with Gasteiger partial charge in [0.15, 0.2) is 0 Å². The molecule has 6 nitrogen and oxygen atoms in total. The molecule has 1 atom stereocenters. The Balaban J connectivity index is 2.29. The lowest BCUT2D eigenvalue weighted by molar-refractivity contribution is 0.0596. The SMILES string of the molecule is COC(=O)c1ccc(N)cc1S(=O)(=O)NC(C)CC1CC1. The standard InChI is InChI=1S/C14H20N2O4S/c1-9(7-10-3-4-10)16-21(18,19)13-8-11(15)5-6-12(13)14(17)20-2/h5-6,8-10,16H,3-4,7,15H2,1-2H3. The molecule has 116 valence electrons. The first kappa shape index (κ1) is 15.8. The van der Waals surface area contributed by atoms with E-state index in [9.17, 15) is 13.2 Å². The second kappa shape index (κ2) is 6.03. The number of hydrogen-bond donors (Lipinski definition) is 2. The lowest BCUT2D eigenvalue weighted by Gasteiger charge is -2.16. The van der Waals surface area contributed by atoms with Crippen LogP contribution < -0.4 is 10.5 Å². The molecular formula is C14H20N2O4S. The maximum Gasteiger partial charge on any atom is 0.339 e. The highest BCUT2D eigenvalue weighted by atomic mass is 32.2. The van der Waals surface area contributed by atoms with Gasteiger partial charge in [-0.3, -0.25) is 0 Å². The molecule has 1 aromatic rings. The summed E-state index contributed by atoms with van der Waals surface area (Å²) in [6.07, 6.45) is 3.10. The van der Waals surface area contributed by atoms with Crippen LogP contribution in [0.25, 0.3) is 0 Å². The van der Waals surface area contributed by atoms with E-state index in [-0.39, 0.29) is 22.2 Å². The van der Waals surface area contributed by atoms with Gasteiger partial charge in [0.25, 0.3) is 0 Å². The lowest BCUT2D eigenvalue weighted by Crippen LogP contribution is -2.34. The minimum absolute atomic E-state index is 0.0159. The van der Waals surface area contributed by atoms with Crippen LogP contribution in [-0.2, 0) is 14.8 Å². The Hall–Kier alpha value is -1.60. The van der Waals surface area contributed by atoms with Gasteiger partial charge in [-0.05, 0) is 37.5 Å². The highest BCUT2D eigenvalue weighted by Crippen LogP contribution is 2.33. The highest BCUT2D eigenvalue weighted by molar-refractivity contribution is 7.89. The molecule has 3 N–H and O–H groups in total. The number of hydrogen-bond acceptors (Lipinski definition) is 5. The van der Waals surface area contributed by atoms with E-state index in [1.54, 1.807) is 0 Å². The highest BCUT2D eigenvalue weighted by Gasteiger charge is 2.28. The van der Waals surface area contributed by atoms with E-state index < -0.39 is 16.0 Å². The van der Waals surface area contributed by atoms with Crippen LogP contribution >= 0.6 is 0 Å². The van der Waals surface area contributed by atoms with Gasteiger partial charge >= 0.3 is 5.97 Å². The summed E-state index contributed by atoms with van der Waals surface area (Å²) in [4.78, 5) is 11.6. The summed E-state index contributed by atoms with van der Waals surface area (Å²) >= 11 is 0. The second-order valence-corrected chi connectivity index (χ2v) is 7.13. The number of rotatable bonds is 6. The number of ether oxygens (including phenoxy) is 1. The summed E-state index contributed by atoms with van der Waals surface area (Å²) < 4.78 is 32.1. The summed E-state index contributed by atoms with van der Waals surface area (Å²) in [6.45, 7) is 1.82. The monoisotopic (exact) mass is 312 g/mol. The number of nitrogens with one attached hydrogen (secondary N) is 1. The van der Waals surface area contributed by atoms with Gasteiger partial charge in [-0.2, -0.15) is 0 Å². The average molecular weight is 312 g/mol. The Morgan fingerprint density at radius 3 is 2.71 bits per heavy atom. The fourth-order valence-electron chi connectivity index (χ4n) is 2.27. The normalized spacial score (nSPS) is 16.5. The Labute approximate surface area is 124 Å². The predicted octanol–water partition coefficient (Wildman–Crippen LogP) is 1.52. The third-order valence-corrected chi connectivity index (χ3v) is 5.07. The molecule has 1 saturated carbocycles. The maximum absolute atomic E-state index is 12.5. The molecule has 7 heteroatoms. The fourth-order valence-corrected chi connectivity index (χ4v) is 3.75. The largest absolute Gasteiger partial charge is 0.465 e. The van der Waals surface area contributed by atoms with E-state index in [4.69, 9.17) is 5.73 Å². The van der Waals surface area contributed by atoms with E-state index in [1.807, 2.05) is 6.92 Å². The van der Waals surface area contributed by atoms with Crippen molar-refractivity contribution in [2.24, 2.45) is 5.92 Å². The molecule has 0 radical (unpaired) electrons. The first-order chi connectivity index (χ1) is 9.83. The molecule has 0 heterocycles. The van der Waals surface area contributed by atoms with E-state index in [1.165, 1.54) is 25.3 Å². The summed E-state index contributed by atoms with van der Waals surface area (Å²) in [5.41, 5.74) is 5.90. The third kappa shape index (κ3) is 3.95. The van der Waals surface area contributed by atoms with Gasteiger partial charge < -0.3 is 10.5 Å². The summed E-state index contributed by atoms with van der Waals surface area (Å²) in [7, 11) is -2.61. The molecule has 1 unspecified atom stereocenters. The van der Waals surface area contributed by atoms with Gasteiger partial charge in [0.2, 0.25) is 10.0 Å². The van der Waals surface area contributed by atoms with E-state index in [0.29, 0.717) is 5.92 Å². The smallest absolute Gasteiger partial charge is 0.339 e. The number of carbonyl (C=O) groups excluding carboxylic acids is 1. The molecule has 0 aliphatic heterocycles. The van der Waals surface area contributed by atoms with Crippen molar-refractivity contribution in [2.75, 3.05) is 12.8 Å². The van der Waals surface area contributed by atoms with Crippen LogP contribution in [0.1, 0.15) is 36.5 Å². The molecule has 0 aromatic heterocycles. The molecule has 1 aromatic carbocycles. The van der Waals surface area contributed by atoms with E-state index in [2.05, 4.69) is 9.46 Å². The molecule has 0 spiro atoms. The second-order valence-electron chi connectivity index (χ2n) is 5.45. The molecule has 0 bridgehead atoms. The Morgan fingerprint density at radius 1 is 1.48 bits per heavy atom. The molecule has 21 heavy (non-hydrogen) atoms. The number of nitrogens with two attached hydrogens (primary N) is 1. The van der Waals surface area contributed by atoms with Gasteiger partial charge in [0.05, 0.1) is 17.6 Å². The van der Waals surface area contributed by atoms with Crippen molar-refractivity contribution in [3.8, 4) is 0 Å². The van der Waals surface area contributed by atoms with Gasteiger partial charge in [0, 0.05) is 11.7 Å². The number of esters is 1. The first-order valence-electron chi connectivity index (χ1n) is 6.83. The lowest BCUT2D eigenvalue weighted by atomic mass is 10.2. The maximum atomic E-state index is 12.5. The van der Waals surface area contributed by atoms with Gasteiger partial charge in [-0.15, -0.1) is 0 Å². The predicted molar refractivity (Wildman–Crippen MR) is 79.3 cm³/mol. The quantitative estimate of drug-likeness (QED) is 0.613. The Kier molecular flexibility index (Phi) is 4.53. The molecule has 0 saturated heterocycles. The zero-order valence-electron chi connectivity index (χ0n) is 12.1. The summed E-state index contributed by atoms with van der Waals surface area (Å²) in [6, 6.07) is 3.92. The van der Waals surface area contributed by atoms with Crippen molar-refractivity contribution in [1.29, 1.82) is 0 Å². The molecule has 0 amide bonds. The first-order valence-corrected chi connectivity index (χ1v) is 8.32. The number of nitrogen functional groups attached to an aromatic ring is 1. The van der Waals surface area contributed by atoms with Crippen molar-refractivity contribution >= 4 is 21.7 Å². The van der Waals surface area contributed by atoms with Crippen LogP contribution in [0.4, 0.5) is 5.69 Å². The van der Waals surface area contributed by atoms with Crippen molar-refractivity contribution in [3.63, 3.8) is 0 Å². The zero-order chi connectivity index (χ0) is 15.6. The van der Waals surface area contributed by atoms with Crippen LogP contribution in [0, 0.1) is 5.92 Å². The average Bonchev–Trinajstić information content (AvgIpc) is 3.20. The minimum Gasteiger partial charge on any atom is -0.465 e. The topological polar surface area (TPSA) is 98.5 Å². The Bertz CT molecular complexity index is 638. The summed E-state index contributed by atoms with van der Waals surface area (Å²) in [5.74, 6) is -0.103. The number of sulfonamides is 1. The minimum atomic E-state index is -3.82. The number of benzene rings is 1. The van der Waals surface area contributed by atoms with Crippen LogP contribution in [0.2, 0.25) is 0 Å². The van der Waals surface area contributed by atoms with Crippen LogP contribution in [0.3, 0.4) is 0 Å². The van der Waals surface area contributed by atoms with Gasteiger partial charge in [0.1, 0.15) is 0 Å². The fraction of sp³-hybridized carbons (Fsp3) is 0.500. The number of carbonyl (C=O) groups is 1. The van der Waals surface area contributed by atoms with Crippen molar-refractivity contribution in [2.45, 2.75) is 37.1 Å². The van der Waals surface area contributed by atoms with E-state index in [0.717, 1.165) is 19.3 Å². The summed E-state index contributed by atoms with van der Waals surface area (Å²) in [5, 5.41) is 0. The molecule has 1 aliphatic carbocycles. The van der Waals surface area contributed by atoms with Crippen LogP contribution in [0.5, 0.6) is 0 Å². The molecule has 1 aliphatic rings. The van der Waals surface area contributed by atoms with Crippen molar-refractivity contribution in [1.82, 2.24) is 4.72 Å². The van der Waals surface area contributed by atoms with Crippen LogP contribution in [0.15, 0.2) is 23.1 Å². The molecular weight excluding hydrogens is 292 g/mol. The zero-order valence-corrected chi connectivity index (χ0v) is 12.9. The van der Waals surface area contributed by atoms with Crippen molar-refractivity contribution in [3.05, 3.63) is 23.8 Å². The number of anilines is 1. The molecule has 1 fully saturated rings. The molecule has 2 rings (SSSR count). The number of methoxy groups -OCH3 is 1.